The number of hydrogen-bond donors (Lipinski definition) is 1. The van der Waals surface area contributed by atoms with Gasteiger partial charge in [0, 0.05) is 12.5 Å². The van der Waals surface area contributed by atoms with Crippen molar-refractivity contribution in [3.05, 3.63) is 0 Å². The average molecular weight is 240 g/mol. The fraction of sp³-hybridized carbons (Fsp3) is 0.923. The van der Waals surface area contributed by atoms with E-state index in [4.69, 9.17) is 4.84 Å². The van der Waals surface area contributed by atoms with E-state index < -0.39 is 0 Å². The first-order valence-electron chi connectivity index (χ1n) is 7.00. The van der Waals surface area contributed by atoms with Gasteiger partial charge in [0.15, 0.2) is 0 Å². The van der Waals surface area contributed by atoms with Crippen molar-refractivity contribution in [1.29, 1.82) is 0 Å². The number of hydrogen-bond acceptors (Lipinski definition) is 3. The predicted octanol–water partition coefficient (Wildman–Crippen LogP) is 1.71. The smallest absolute Gasteiger partial charge is 0.246 e. The summed E-state index contributed by atoms with van der Waals surface area (Å²) >= 11 is 0. The van der Waals surface area contributed by atoms with Crippen LogP contribution in [-0.4, -0.2) is 37.0 Å². The van der Waals surface area contributed by atoms with Crippen LogP contribution in [0.5, 0.6) is 0 Å². The number of nitrogens with one attached hydrogen (secondary N) is 1. The molecule has 0 aromatic rings. The zero-order chi connectivity index (χ0) is 11.9. The molecule has 4 nitrogen and oxygen atoms in total. The van der Waals surface area contributed by atoms with Gasteiger partial charge in [-0.3, -0.25) is 9.63 Å². The molecule has 98 valence electrons. The monoisotopic (exact) mass is 240 g/mol. The summed E-state index contributed by atoms with van der Waals surface area (Å²) in [6, 6.07) is 0. The Balaban J connectivity index is 1.51. The number of carbonyl (C=O) groups excluding carboxylic acids is 1. The molecule has 1 aliphatic heterocycles. The zero-order valence-corrected chi connectivity index (χ0v) is 10.6. The highest BCUT2D eigenvalue weighted by Gasteiger charge is 2.22. The lowest BCUT2D eigenvalue weighted by Gasteiger charge is -2.26. The second-order valence-electron chi connectivity index (χ2n) is 5.20. The van der Waals surface area contributed by atoms with Gasteiger partial charge in [-0.25, -0.2) is 5.48 Å². The molecule has 2 aliphatic rings. The molecule has 1 N–H and O–H groups in total. The molecule has 0 unspecified atom stereocenters. The second kappa shape index (κ2) is 6.97. The fourth-order valence-corrected chi connectivity index (χ4v) is 2.75. The molecule has 4 heteroatoms. The van der Waals surface area contributed by atoms with Gasteiger partial charge in [-0.05, 0) is 38.8 Å². The van der Waals surface area contributed by atoms with Crippen LogP contribution in [0, 0.1) is 5.92 Å². The van der Waals surface area contributed by atoms with Crippen LogP contribution < -0.4 is 5.48 Å². The van der Waals surface area contributed by atoms with Crippen molar-refractivity contribution >= 4 is 5.91 Å². The van der Waals surface area contributed by atoms with E-state index in [1.807, 2.05) is 0 Å². The summed E-state index contributed by atoms with van der Waals surface area (Å²) in [6.45, 7) is 3.91. The van der Waals surface area contributed by atoms with Crippen LogP contribution in [0.2, 0.25) is 0 Å². The van der Waals surface area contributed by atoms with Crippen molar-refractivity contribution in [2.45, 2.75) is 44.9 Å². The van der Waals surface area contributed by atoms with Gasteiger partial charge in [-0.15, -0.1) is 0 Å². The van der Waals surface area contributed by atoms with Crippen molar-refractivity contribution in [3.63, 3.8) is 0 Å². The lowest BCUT2D eigenvalue weighted by Crippen LogP contribution is -2.36. The third-order valence-corrected chi connectivity index (χ3v) is 3.86. The van der Waals surface area contributed by atoms with Crippen LogP contribution >= 0.6 is 0 Å². The molecule has 1 heterocycles. The van der Waals surface area contributed by atoms with Gasteiger partial charge in [0.25, 0.3) is 0 Å². The van der Waals surface area contributed by atoms with E-state index in [1.54, 1.807) is 0 Å². The maximum Gasteiger partial charge on any atom is 0.246 e. The number of hydroxylamine groups is 1. The number of amides is 1. The molecule has 0 bridgehead atoms. The highest BCUT2D eigenvalue weighted by atomic mass is 16.7. The topological polar surface area (TPSA) is 41.6 Å². The van der Waals surface area contributed by atoms with E-state index in [0.29, 0.717) is 6.61 Å². The lowest BCUT2D eigenvalue weighted by atomic mass is 10.1. The zero-order valence-electron chi connectivity index (χ0n) is 10.6. The molecule has 0 aromatic carbocycles. The van der Waals surface area contributed by atoms with Crippen molar-refractivity contribution in [2.24, 2.45) is 5.92 Å². The number of rotatable bonds is 5. The highest BCUT2D eigenvalue weighted by molar-refractivity contribution is 5.77. The highest BCUT2D eigenvalue weighted by Crippen LogP contribution is 2.24. The minimum atomic E-state index is 0.0844. The lowest BCUT2D eigenvalue weighted by molar-refractivity contribution is -0.138. The van der Waals surface area contributed by atoms with Gasteiger partial charge in [-0.2, -0.15) is 0 Å². The minimum Gasteiger partial charge on any atom is -0.301 e. The Morgan fingerprint density at radius 2 is 1.82 bits per heavy atom. The Kier molecular flexibility index (Phi) is 5.26. The summed E-state index contributed by atoms with van der Waals surface area (Å²) in [4.78, 5) is 19.3. The number of likely N-dealkylation sites (tertiary alicyclic amines) is 1. The van der Waals surface area contributed by atoms with Gasteiger partial charge in [-0.1, -0.05) is 19.3 Å². The minimum absolute atomic E-state index is 0.0844. The maximum absolute atomic E-state index is 11.6. The van der Waals surface area contributed by atoms with Crippen LogP contribution in [0.1, 0.15) is 44.9 Å². The van der Waals surface area contributed by atoms with Gasteiger partial charge < -0.3 is 4.90 Å². The number of nitrogens with zero attached hydrogens (tertiary/aromatic N) is 1. The van der Waals surface area contributed by atoms with Gasteiger partial charge in [0.05, 0.1) is 6.61 Å². The fourth-order valence-electron chi connectivity index (χ4n) is 2.75. The quantitative estimate of drug-likeness (QED) is 0.587. The molecule has 1 amide bonds. The van der Waals surface area contributed by atoms with Gasteiger partial charge >= 0.3 is 0 Å². The summed E-state index contributed by atoms with van der Waals surface area (Å²) < 4.78 is 0. The molecule has 0 aromatic heterocycles. The van der Waals surface area contributed by atoms with Crippen molar-refractivity contribution in [3.8, 4) is 0 Å². The molecule has 2 rings (SSSR count). The summed E-state index contributed by atoms with van der Waals surface area (Å²) in [6.07, 6.45) is 8.39. The molecule has 1 aliphatic carbocycles. The summed E-state index contributed by atoms with van der Waals surface area (Å²) in [7, 11) is 0. The Hall–Kier alpha value is -0.610. The van der Waals surface area contributed by atoms with E-state index in [2.05, 4.69) is 10.4 Å². The van der Waals surface area contributed by atoms with E-state index in [-0.39, 0.29) is 11.8 Å². The molecule has 0 radical (unpaired) electrons. The summed E-state index contributed by atoms with van der Waals surface area (Å²) in [5, 5.41) is 0. The van der Waals surface area contributed by atoms with E-state index in [9.17, 15) is 4.79 Å². The first kappa shape index (κ1) is 12.8. The SMILES string of the molecule is O=C(NOCCN1CCCCC1)C1CCCC1. The first-order valence-corrected chi connectivity index (χ1v) is 7.00. The Morgan fingerprint density at radius 1 is 1.12 bits per heavy atom. The molecular formula is C13H24N2O2. The molecular weight excluding hydrogens is 216 g/mol. The largest absolute Gasteiger partial charge is 0.301 e. The van der Waals surface area contributed by atoms with Crippen LogP contribution in [0.3, 0.4) is 0 Å². The van der Waals surface area contributed by atoms with E-state index >= 15 is 0 Å². The van der Waals surface area contributed by atoms with Crippen LogP contribution in [-0.2, 0) is 9.63 Å². The van der Waals surface area contributed by atoms with E-state index in [0.717, 1.165) is 19.4 Å². The molecule has 2 fully saturated rings. The second-order valence-corrected chi connectivity index (χ2v) is 5.20. The standard InChI is InChI=1S/C13H24N2O2/c16-13(12-6-2-3-7-12)14-17-11-10-15-8-4-1-5-9-15/h12H,1-11H2,(H,14,16). The molecule has 1 saturated carbocycles. The Bertz CT molecular complexity index is 234. The maximum atomic E-state index is 11.6. The van der Waals surface area contributed by atoms with Crippen molar-refractivity contribution in [1.82, 2.24) is 10.4 Å². The molecule has 17 heavy (non-hydrogen) atoms. The molecule has 1 saturated heterocycles. The first-order chi connectivity index (χ1) is 8.36. The molecule has 0 spiro atoms. The normalized spacial score (nSPS) is 22.8. The predicted molar refractivity (Wildman–Crippen MR) is 66.3 cm³/mol. The summed E-state index contributed by atoms with van der Waals surface area (Å²) in [5.41, 5.74) is 2.60. The molecule has 0 atom stereocenters. The van der Waals surface area contributed by atoms with Crippen LogP contribution in [0.25, 0.3) is 0 Å². The van der Waals surface area contributed by atoms with Crippen molar-refractivity contribution < 1.29 is 9.63 Å². The Labute approximate surface area is 104 Å². The number of piperidine rings is 1. The van der Waals surface area contributed by atoms with E-state index in [1.165, 1.54) is 45.2 Å². The van der Waals surface area contributed by atoms with Crippen molar-refractivity contribution in [2.75, 3.05) is 26.2 Å². The van der Waals surface area contributed by atoms with Gasteiger partial charge in [0.2, 0.25) is 5.91 Å². The van der Waals surface area contributed by atoms with Crippen LogP contribution in [0.15, 0.2) is 0 Å². The van der Waals surface area contributed by atoms with Crippen LogP contribution in [0.4, 0.5) is 0 Å². The third-order valence-electron chi connectivity index (χ3n) is 3.86. The summed E-state index contributed by atoms with van der Waals surface area (Å²) in [5.74, 6) is 0.283. The third kappa shape index (κ3) is 4.28. The average Bonchev–Trinajstić information content (AvgIpc) is 2.89. The van der Waals surface area contributed by atoms with Gasteiger partial charge in [0.1, 0.15) is 0 Å². The Morgan fingerprint density at radius 3 is 2.53 bits per heavy atom. The number of carbonyl (C=O) groups is 1.